The zero-order valence-electron chi connectivity index (χ0n) is 17.6. The lowest BCUT2D eigenvalue weighted by Gasteiger charge is -2.30. The van der Waals surface area contributed by atoms with Crippen LogP contribution in [0.25, 0.3) is 0 Å². The number of fused-ring (bicyclic) bond motifs is 1. The van der Waals surface area contributed by atoms with Crippen LogP contribution in [-0.4, -0.2) is 29.3 Å². The maximum atomic E-state index is 12.2. The number of halogens is 3. The molecule has 32 heavy (non-hydrogen) atoms. The molecule has 4 rings (SSSR count). The highest BCUT2D eigenvalue weighted by Gasteiger charge is 2.30. The van der Waals surface area contributed by atoms with E-state index < -0.39 is 17.2 Å². The SMILES string of the molecule is O=C(CSC(F)(F)F)N[C@H]1CC[C@H](Oc2ccc3c(c2)CCC(c2ccccc2)O3)CC1. The Kier molecular flexibility index (Phi) is 7.18. The molecule has 4 nitrogen and oxygen atoms in total. The number of carbonyl (C=O) groups excluding carboxylic acids is 1. The van der Waals surface area contributed by atoms with Gasteiger partial charge in [-0.3, -0.25) is 4.79 Å². The number of alkyl halides is 3. The van der Waals surface area contributed by atoms with E-state index in [-0.39, 0.29) is 30.0 Å². The van der Waals surface area contributed by atoms with Crippen molar-refractivity contribution in [1.29, 1.82) is 0 Å². The van der Waals surface area contributed by atoms with Crippen LogP contribution in [0.2, 0.25) is 0 Å². The molecular weight excluding hydrogens is 439 g/mol. The Balaban J connectivity index is 1.24. The summed E-state index contributed by atoms with van der Waals surface area (Å²) in [4.78, 5) is 11.7. The van der Waals surface area contributed by atoms with E-state index in [9.17, 15) is 18.0 Å². The number of amides is 1. The third-order valence-electron chi connectivity index (χ3n) is 5.86. The molecule has 1 aliphatic heterocycles. The van der Waals surface area contributed by atoms with Gasteiger partial charge in [-0.15, -0.1) is 0 Å². The predicted octanol–water partition coefficient (Wildman–Crippen LogP) is 5.81. The van der Waals surface area contributed by atoms with Crippen LogP contribution in [-0.2, 0) is 11.2 Å². The second kappa shape index (κ2) is 10.1. The fourth-order valence-electron chi connectivity index (χ4n) is 4.27. The van der Waals surface area contributed by atoms with Crippen LogP contribution in [0, 0.1) is 0 Å². The predicted molar refractivity (Wildman–Crippen MR) is 118 cm³/mol. The quantitative estimate of drug-likeness (QED) is 0.585. The monoisotopic (exact) mass is 465 g/mol. The summed E-state index contributed by atoms with van der Waals surface area (Å²) >= 11 is -0.304. The molecule has 1 N–H and O–H groups in total. The summed E-state index contributed by atoms with van der Waals surface area (Å²) in [5.41, 5.74) is -2.07. The van der Waals surface area contributed by atoms with Crippen LogP contribution in [0.5, 0.6) is 11.5 Å². The van der Waals surface area contributed by atoms with Crippen molar-refractivity contribution in [1.82, 2.24) is 5.32 Å². The Bertz CT molecular complexity index is 914. The van der Waals surface area contributed by atoms with E-state index in [4.69, 9.17) is 9.47 Å². The summed E-state index contributed by atoms with van der Waals surface area (Å²) in [5.74, 6) is 0.530. The van der Waals surface area contributed by atoms with Crippen molar-refractivity contribution in [3.8, 4) is 11.5 Å². The van der Waals surface area contributed by atoms with Gasteiger partial charge >= 0.3 is 5.51 Å². The Morgan fingerprint density at radius 3 is 2.53 bits per heavy atom. The molecule has 2 aromatic carbocycles. The number of hydrogen-bond donors (Lipinski definition) is 1. The molecule has 1 amide bonds. The number of rotatable bonds is 6. The Labute approximate surface area is 189 Å². The summed E-state index contributed by atoms with van der Waals surface area (Å²) < 4.78 is 49.0. The summed E-state index contributed by atoms with van der Waals surface area (Å²) in [6.45, 7) is 0. The molecule has 1 aliphatic carbocycles. The number of benzene rings is 2. The van der Waals surface area contributed by atoms with Crippen molar-refractivity contribution in [3.05, 3.63) is 59.7 Å². The van der Waals surface area contributed by atoms with E-state index in [0.717, 1.165) is 42.7 Å². The Hall–Kier alpha value is -2.35. The van der Waals surface area contributed by atoms with Gasteiger partial charge in [0.2, 0.25) is 5.91 Å². The van der Waals surface area contributed by atoms with Crippen molar-refractivity contribution < 1.29 is 27.4 Å². The molecule has 0 saturated heterocycles. The van der Waals surface area contributed by atoms with Gasteiger partial charge in [0.05, 0.1) is 11.9 Å². The molecule has 1 unspecified atom stereocenters. The topological polar surface area (TPSA) is 47.6 Å². The lowest BCUT2D eigenvalue weighted by atomic mass is 9.93. The van der Waals surface area contributed by atoms with Gasteiger partial charge in [0.15, 0.2) is 0 Å². The summed E-state index contributed by atoms with van der Waals surface area (Å²) in [6.07, 6.45) is 4.82. The van der Waals surface area contributed by atoms with Gasteiger partial charge in [-0.25, -0.2) is 0 Å². The van der Waals surface area contributed by atoms with Crippen LogP contribution in [0.1, 0.15) is 49.3 Å². The second-order valence-corrected chi connectivity index (χ2v) is 9.26. The minimum atomic E-state index is -4.38. The molecular formula is C24H26F3NO3S. The largest absolute Gasteiger partial charge is 0.490 e. The molecule has 1 saturated carbocycles. The normalized spacial score (nSPS) is 23.0. The minimum absolute atomic E-state index is 0.0346. The smallest absolute Gasteiger partial charge is 0.442 e. The van der Waals surface area contributed by atoms with Crippen molar-refractivity contribution >= 4 is 17.7 Å². The molecule has 8 heteroatoms. The van der Waals surface area contributed by atoms with E-state index in [1.165, 1.54) is 5.56 Å². The van der Waals surface area contributed by atoms with Crippen LogP contribution < -0.4 is 14.8 Å². The fourth-order valence-corrected chi connectivity index (χ4v) is 4.65. The second-order valence-electron chi connectivity index (χ2n) is 8.22. The van der Waals surface area contributed by atoms with Crippen LogP contribution in [0.4, 0.5) is 13.2 Å². The van der Waals surface area contributed by atoms with Crippen LogP contribution in [0.3, 0.4) is 0 Å². The summed E-state index contributed by atoms with van der Waals surface area (Å²) in [7, 11) is 0. The van der Waals surface area contributed by atoms with Gasteiger partial charge in [0.1, 0.15) is 17.6 Å². The first-order valence-corrected chi connectivity index (χ1v) is 11.9. The van der Waals surface area contributed by atoms with Gasteiger partial charge in [-0.2, -0.15) is 13.2 Å². The zero-order chi connectivity index (χ0) is 22.6. The van der Waals surface area contributed by atoms with Gasteiger partial charge in [0, 0.05) is 6.04 Å². The van der Waals surface area contributed by atoms with Gasteiger partial charge in [-0.05, 0) is 79.6 Å². The van der Waals surface area contributed by atoms with Crippen molar-refractivity contribution in [2.45, 2.75) is 62.3 Å². The highest BCUT2D eigenvalue weighted by Crippen LogP contribution is 2.37. The average Bonchev–Trinajstić information content (AvgIpc) is 2.79. The summed E-state index contributed by atoms with van der Waals surface area (Å²) in [5, 5.41) is 2.70. The summed E-state index contributed by atoms with van der Waals surface area (Å²) in [6, 6.07) is 16.0. The maximum Gasteiger partial charge on any atom is 0.442 e. The van der Waals surface area contributed by atoms with Crippen molar-refractivity contribution in [2.24, 2.45) is 0 Å². The first-order chi connectivity index (χ1) is 15.4. The molecule has 172 valence electrons. The standard InChI is InChI=1S/C24H26F3NO3S/c25-24(26,27)32-15-23(29)28-18-7-9-19(10-8-18)30-20-11-13-22-17(14-20)6-12-21(31-22)16-4-2-1-3-5-16/h1-5,11,13-14,18-19,21H,6-10,12,15H2,(H,28,29)/t18-,19-,21?. The molecule has 1 fully saturated rings. The molecule has 0 spiro atoms. The number of carbonyl (C=O) groups is 1. The Morgan fingerprint density at radius 2 is 1.81 bits per heavy atom. The van der Waals surface area contributed by atoms with Gasteiger partial charge < -0.3 is 14.8 Å². The molecule has 2 aromatic rings. The zero-order valence-corrected chi connectivity index (χ0v) is 18.4. The van der Waals surface area contributed by atoms with Gasteiger partial charge in [0.25, 0.3) is 0 Å². The number of ether oxygens (including phenoxy) is 2. The fraction of sp³-hybridized carbons (Fsp3) is 0.458. The first-order valence-electron chi connectivity index (χ1n) is 10.9. The molecule has 0 radical (unpaired) electrons. The van der Waals surface area contributed by atoms with Crippen molar-refractivity contribution in [2.75, 3.05) is 5.75 Å². The third kappa shape index (κ3) is 6.34. The average molecular weight is 466 g/mol. The van der Waals surface area contributed by atoms with E-state index >= 15 is 0 Å². The highest BCUT2D eigenvalue weighted by atomic mass is 32.2. The van der Waals surface area contributed by atoms with Crippen LogP contribution >= 0.6 is 11.8 Å². The molecule has 2 aliphatic rings. The number of nitrogens with one attached hydrogen (secondary N) is 1. The third-order valence-corrected chi connectivity index (χ3v) is 6.59. The number of hydrogen-bond acceptors (Lipinski definition) is 4. The van der Waals surface area contributed by atoms with E-state index in [1.54, 1.807) is 0 Å². The Morgan fingerprint density at radius 1 is 1.06 bits per heavy atom. The van der Waals surface area contributed by atoms with E-state index in [2.05, 4.69) is 17.4 Å². The number of thioether (sulfide) groups is 1. The van der Waals surface area contributed by atoms with Crippen LogP contribution in [0.15, 0.2) is 48.5 Å². The molecule has 0 bridgehead atoms. The van der Waals surface area contributed by atoms with Crippen molar-refractivity contribution in [3.63, 3.8) is 0 Å². The lowest BCUT2D eigenvalue weighted by molar-refractivity contribution is -0.119. The lowest BCUT2D eigenvalue weighted by Crippen LogP contribution is -2.40. The van der Waals surface area contributed by atoms with E-state index in [0.29, 0.717) is 12.8 Å². The first kappa shape index (κ1) is 22.8. The van der Waals surface area contributed by atoms with E-state index in [1.807, 2.05) is 36.4 Å². The molecule has 1 heterocycles. The maximum absolute atomic E-state index is 12.2. The molecule has 1 atom stereocenters. The number of aryl methyl sites for hydroxylation is 1. The highest BCUT2D eigenvalue weighted by molar-refractivity contribution is 8.00. The molecule has 0 aromatic heterocycles. The van der Waals surface area contributed by atoms with Gasteiger partial charge in [-0.1, -0.05) is 30.3 Å². The minimum Gasteiger partial charge on any atom is -0.490 e.